The van der Waals surface area contributed by atoms with Crippen LogP contribution in [0.25, 0.3) is 0 Å². The Labute approximate surface area is 121 Å². The third kappa shape index (κ3) is 3.53. The number of hydrogen-bond acceptors (Lipinski definition) is 2. The molecule has 0 heterocycles. The van der Waals surface area contributed by atoms with Crippen LogP contribution in [0.1, 0.15) is 44.9 Å². The predicted octanol–water partition coefficient (Wildman–Crippen LogP) is 4.86. The molecule has 2 heteroatoms. The van der Waals surface area contributed by atoms with Crippen molar-refractivity contribution in [1.29, 1.82) is 0 Å². The van der Waals surface area contributed by atoms with Gasteiger partial charge in [-0.3, -0.25) is 0 Å². The standard InChI is InChI=1S/C18H23NO/c1-13(19-16-9-11-17(20)12-10-16)14-5-7-15(8-6-14)18(2,3)4/h5-13,19-20H,1-4H3. The molecule has 20 heavy (non-hydrogen) atoms. The van der Waals surface area contributed by atoms with Crippen LogP contribution in [0.5, 0.6) is 5.75 Å². The SMILES string of the molecule is CC(Nc1ccc(O)cc1)c1ccc(C(C)(C)C)cc1. The second kappa shape index (κ2) is 5.58. The Morgan fingerprint density at radius 2 is 1.45 bits per heavy atom. The summed E-state index contributed by atoms with van der Waals surface area (Å²) in [5.41, 5.74) is 3.80. The fourth-order valence-electron chi connectivity index (χ4n) is 2.16. The number of aromatic hydroxyl groups is 1. The summed E-state index contributed by atoms with van der Waals surface area (Å²) in [6, 6.07) is 16.1. The summed E-state index contributed by atoms with van der Waals surface area (Å²) < 4.78 is 0. The Kier molecular flexibility index (Phi) is 4.03. The van der Waals surface area contributed by atoms with Crippen molar-refractivity contribution in [2.45, 2.75) is 39.2 Å². The third-order valence-corrected chi connectivity index (χ3v) is 3.53. The zero-order valence-corrected chi connectivity index (χ0v) is 12.6. The lowest BCUT2D eigenvalue weighted by molar-refractivity contribution is 0.475. The highest BCUT2D eigenvalue weighted by atomic mass is 16.3. The molecule has 2 N–H and O–H groups in total. The molecule has 2 aromatic rings. The molecule has 0 aliphatic carbocycles. The minimum atomic E-state index is 0.187. The highest BCUT2D eigenvalue weighted by Crippen LogP contribution is 2.25. The number of hydrogen-bond donors (Lipinski definition) is 2. The van der Waals surface area contributed by atoms with Crippen LogP contribution in [0.2, 0.25) is 0 Å². The maximum absolute atomic E-state index is 9.29. The molecule has 0 aliphatic rings. The van der Waals surface area contributed by atoms with Crippen molar-refractivity contribution >= 4 is 5.69 Å². The summed E-state index contributed by atoms with van der Waals surface area (Å²) in [6.45, 7) is 8.80. The Bertz CT molecular complexity index is 549. The first-order valence-corrected chi connectivity index (χ1v) is 7.02. The van der Waals surface area contributed by atoms with E-state index in [9.17, 15) is 5.11 Å². The van der Waals surface area contributed by atoms with E-state index in [2.05, 4.69) is 57.3 Å². The van der Waals surface area contributed by atoms with Gasteiger partial charge < -0.3 is 10.4 Å². The molecule has 0 spiro atoms. The van der Waals surface area contributed by atoms with E-state index < -0.39 is 0 Å². The zero-order valence-electron chi connectivity index (χ0n) is 12.6. The molecular formula is C18H23NO. The molecule has 106 valence electrons. The van der Waals surface area contributed by atoms with Gasteiger partial charge in [-0.1, -0.05) is 45.0 Å². The van der Waals surface area contributed by atoms with Gasteiger partial charge in [0.15, 0.2) is 0 Å². The first-order valence-electron chi connectivity index (χ1n) is 7.02. The van der Waals surface area contributed by atoms with Gasteiger partial charge in [0.2, 0.25) is 0 Å². The number of phenolic OH excluding ortho intramolecular Hbond substituents is 1. The van der Waals surface area contributed by atoms with Crippen molar-refractivity contribution in [3.63, 3.8) is 0 Å². The molecular weight excluding hydrogens is 246 g/mol. The average molecular weight is 269 g/mol. The van der Waals surface area contributed by atoms with E-state index in [1.807, 2.05) is 12.1 Å². The Morgan fingerprint density at radius 3 is 1.95 bits per heavy atom. The van der Waals surface area contributed by atoms with E-state index in [-0.39, 0.29) is 17.2 Å². The normalized spacial score (nSPS) is 13.0. The van der Waals surface area contributed by atoms with E-state index in [1.165, 1.54) is 11.1 Å². The van der Waals surface area contributed by atoms with Crippen LogP contribution in [0.3, 0.4) is 0 Å². The lowest BCUT2D eigenvalue weighted by atomic mass is 9.86. The molecule has 2 aromatic carbocycles. The molecule has 0 radical (unpaired) electrons. The van der Waals surface area contributed by atoms with E-state index >= 15 is 0 Å². The topological polar surface area (TPSA) is 32.3 Å². The molecule has 0 bridgehead atoms. The fourth-order valence-corrected chi connectivity index (χ4v) is 2.16. The second-order valence-electron chi connectivity index (χ2n) is 6.28. The predicted molar refractivity (Wildman–Crippen MR) is 85.3 cm³/mol. The maximum Gasteiger partial charge on any atom is 0.115 e. The van der Waals surface area contributed by atoms with Crippen LogP contribution < -0.4 is 5.32 Å². The maximum atomic E-state index is 9.29. The van der Waals surface area contributed by atoms with Gasteiger partial charge in [0.1, 0.15) is 5.75 Å². The molecule has 0 amide bonds. The Balaban J connectivity index is 2.09. The smallest absolute Gasteiger partial charge is 0.115 e. The van der Waals surface area contributed by atoms with Crippen LogP contribution in [0, 0.1) is 0 Å². The van der Waals surface area contributed by atoms with Gasteiger partial charge in [-0.15, -0.1) is 0 Å². The van der Waals surface area contributed by atoms with Crippen LogP contribution in [0.4, 0.5) is 5.69 Å². The van der Waals surface area contributed by atoms with Crippen molar-refractivity contribution in [3.8, 4) is 5.75 Å². The van der Waals surface area contributed by atoms with E-state index in [0.29, 0.717) is 0 Å². The molecule has 1 atom stereocenters. The fraction of sp³-hybridized carbons (Fsp3) is 0.333. The molecule has 0 fully saturated rings. The molecule has 0 aromatic heterocycles. The summed E-state index contributed by atoms with van der Waals surface area (Å²) in [5.74, 6) is 0.290. The largest absolute Gasteiger partial charge is 0.508 e. The number of rotatable bonds is 3. The number of nitrogens with one attached hydrogen (secondary N) is 1. The van der Waals surface area contributed by atoms with Gasteiger partial charge in [0, 0.05) is 11.7 Å². The Hall–Kier alpha value is -1.96. The van der Waals surface area contributed by atoms with Crippen LogP contribution in [-0.2, 0) is 5.41 Å². The van der Waals surface area contributed by atoms with Crippen molar-refractivity contribution in [2.75, 3.05) is 5.32 Å². The van der Waals surface area contributed by atoms with Crippen LogP contribution >= 0.6 is 0 Å². The van der Waals surface area contributed by atoms with Crippen molar-refractivity contribution < 1.29 is 5.11 Å². The van der Waals surface area contributed by atoms with Crippen molar-refractivity contribution in [3.05, 3.63) is 59.7 Å². The minimum Gasteiger partial charge on any atom is -0.508 e. The highest BCUT2D eigenvalue weighted by Gasteiger charge is 2.14. The third-order valence-electron chi connectivity index (χ3n) is 3.53. The minimum absolute atomic E-state index is 0.187. The Morgan fingerprint density at radius 1 is 0.900 bits per heavy atom. The van der Waals surface area contributed by atoms with Gasteiger partial charge in [-0.05, 0) is 47.7 Å². The van der Waals surface area contributed by atoms with Gasteiger partial charge in [0.05, 0.1) is 0 Å². The number of benzene rings is 2. The quantitative estimate of drug-likeness (QED) is 0.780. The molecule has 0 aliphatic heterocycles. The summed E-state index contributed by atoms with van der Waals surface area (Å²) in [6.07, 6.45) is 0. The van der Waals surface area contributed by atoms with E-state index in [1.54, 1.807) is 12.1 Å². The van der Waals surface area contributed by atoms with Gasteiger partial charge in [-0.2, -0.15) is 0 Å². The first kappa shape index (κ1) is 14.4. The highest BCUT2D eigenvalue weighted by molar-refractivity contribution is 5.48. The van der Waals surface area contributed by atoms with Crippen LogP contribution in [-0.4, -0.2) is 5.11 Å². The molecule has 0 saturated carbocycles. The second-order valence-corrected chi connectivity index (χ2v) is 6.28. The summed E-state index contributed by atoms with van der Waals surface area (Å²) in [4.78, 5) is 0. The average Bonchev–Trinajstić information content (AvgIpc) is 2.40. The lowest BCUT2D eigenvalue weighted by Crippen LogP contribution is -2.12. The zero-order chi connectivity index (χ0) is 14.8. The van der Waals surface area contributed by atoms with Gasteiger partial charge in [0.25, 0.3) is 0 Å². The van der Waals surface area contributed by atoms with Crippen LogP contribution in [0.15, 0.2) is 48.5 Å². The van der Waals surface area contributed by atoms with Crippen molar-refractivity contribution in [2.24, 2.45) is 0 Å². The molecule has 2 rings (SSSR count). The molecule has 2 nitrogen and oxygen atoms in total. The van der Waals surface area contributed by atoms with E-state index in [0.717, 1.165) is 5.69 Å². The number of phenols is 1. The molecule has 0 saturated heterocycles. The first-order chi connectivity index (χ1) is 9.36. The number of anilines is 1. The van der Waals surface area contributed by atoms with Crippen molar-refractivity contribution in [1.82, 2.24) is 0 Å². The van der Waals surface area contributed by atoms with Gasteiger partial charge in [-0.25, -0.2) is 0 Å². The summed E-state index contributed by atoms with van der Waals surface area (Å²) in [7, 11) is 0. The summed E-state index contributed by atoms with van der Waals surface area (Å²) in [5, 5.41) is 12.7. The lowest BCUT2D eigenvalue weighted by Gasteiger charge is -2.21. The van der Waals surface area contributed by atoms with E-state index in [4.69, 9.17) is 0 Å². The monoisotopic (exact) mass is 269 g/mol. The van der Waals surface area contributed by atoms with Gasteiger partial charge >= 0.3 is 0 Å². The molecule has 1 unspecified atom stereocenters. The summed E-state index contributed by atoms with van der Waals surface area (Å²) >= 11 is 0.